The molecule has 0 N–H and O–H groups in total. The summed E-state index contributed by atoms with van der Waals surface area (Å²) in [5, 5.41) is 5.56. The second-order valence-corrected chi connectivity index (χ2v) is 5.47. The molecule has 0 aliphatic rings. The molecule has 0 radical (unpaired) electrons. The maximum absolute atomic E-state index is 12.4. The monoisotopic (exact) mass is 275 g/mol. The summed E-state index contributed by atoms with van der Waals surface area (Å²) in [6.07, 6.45) is 0. The van der Waals surface area contributed by atoms with Crippen LogP contribution in [0.15, 0.2) is 35.7 Å². The molecule has 0 aliphatic heterocycles. The van der Waals surface area contributed by atoms with Gasteiger partial charge in [0.2, 0.25) is 0 Å². The van der Waals surface area contributed by atoms with Crippen LogP contribution in [-0.4, -0.2) is 26.9 Å². The van der Waals surface area contributed by atoms with Gasteiger partial charge in [-0.15, -0.1) is 5.10 Å². The zero-order chi connectivity index (χ0) is 13.7. The molecule has 1 aromatic carbocycles. The zero-order valence-electron chi connectivity index (χ0n) is 11.1. The van der Waals surface area contributed by atoms with E-state index in [1.165, 1.54) is 11.5 Å². The molecule has 0 atom stereocenters. The smallest absolute Gasteiger partial charge is 0.275 e. The fraction of sp³-hybridized carbons (Fsp3) is 0.357. The molecule has 1 amide bonds. The first-order chi connectivity index (χ1) is 9.16. The predicted molar refractivity (Wildman–Crippen MR) is 75.9 cm³/mol. The van der Waals surface area contributed by atoms with E-state index in [0.717, 1.165) is 5.56 Å². The van der Waals surface area contributed by atoms with Gasteiger partial charge in [-0.2, -0.15) is 0 Å². The highest BCUT2D eigenvalue weighted by Crippen LogP contribution is 2.11. The molecular formula is C14H17N3OS. The highest BCUT2D eigenvalue weighted by molar-refractivity contribution is 7.03. The lowest BCUT2D eigenvalue weighted by Crippen LogP contribution is -2.34. The molecule has 19 heavy (non-hydrogen) atoms. The Kier molecular flexibility index (Phi) is 4.63. The predicted octanol–water partition coefficient (Wildman–Crippen LogP) is 2.84. The van der Waals surface area contributed by atoms with Crippen molar-refractivity contribution in [3.63, 3.8) is 0 Å². The maximum atomic E-state index is 12.4. The first kappa shape index (κ1) is 13.7. The molecule has 100 valence electrons. The molecule has 2 aromatic rings. The van der Waals surface area contributed by atoms with Gasteiger partial charge in [0.05, 0.1) is 0 Å². The molecule has 0 saturated carbocycles. The van der Waals surface area contributed by atoms with E-state index < -0.39 is 0 Å². The van der Waals surface area contributed by atoms with Crippen LogP contribution in [0.3, 0.4) is 0 Å². The van der Waals surface area contributed by atoms with E-state index in [-0.39, 0.29) is 5.91 Å². The van der Waals surface area contributed by atoms with E-state index in [1.807, 2.05) is 35.2 Å². The number of rotatable bonds is 5. The summed E-state index contributed by atoms with van der Waals surface area (Å²) < 4.78 is 3.76. The molecule has 1 aromatic heterocycles. The number of hydrogen-bond donors (Lipinski definition) is 0. The van der Waals surface area contributed by atoms with E-state index in [1.54, 1.807) is 5.38 Å². The lowest BCUT2D eigenvalue weighted by molar-refractivity contribution is 0.0716. The van der Waals surface area contributed by atoms with Crippen molar-refractivity contribution < 1.29 is 4.79 Å². The number of amides is 1. The van der Waals surface area contributed by atoms with E-state index in [0.29, 0.717) is 24.7 Å². The second kappa shape index (κ2) is 6.43. The highest BCUT2D eigenvalue weighted by atomic mass is 32.1. The van der Waals surface area contributed by atoms with Gasteiger partial charge in [0, 0.05) is 18.5 Å². The van der Waals surface area contributed by atoms with Gasteiger partial charge in [-0.05, 0) is 23.0 Å². The van der Waals surface area contributed by atoms with Crippen LogP contribution in [0.1, 0.15) is 29.9 Å². The van der Waals surface area contributed by atoms with Crippen LogP contribution in [0.2, 0.25) is 0 Å². The van der Waals surface area contributed by atoms with Crippen molar-refractivity contribution in [3.8, 4) is 0 Å². The molecule has 2 rings (SSSR count). The third-order valence-electron chi connectivity index (χ3n) is 2.67. The van der Waals surface area contributed by atoms with Gasteiger partial charge < -0.3 is 4.90 Å². The maximum Gasteiger partial charge on any atom is 0.275 e. The Hall–Kier alpha value is -1.75. The third-order valence-corrected chi connectivity index (χ3v) is 3.17. The van der Waals surface area contributed by atoms with Gasteiger partial charge in [0.25, 0.3) is 5.91 Å². The van der Waals surface area contributed by atoms with Crippen molar-refractivity contribution >= 4 is 17.4 Å². The Morgan fingerprint density at radius 3 is 2.63 bits per heavy atom. The summed E-state index contributed by atoms with van der Waals surface area (Å²) in [5.41, 5.74) is 1.56. The minimum atomic E-state index is -0.0497. The van der Waals surface area contributed by atoms with Gasteiger partial charge in [-0.3, -0.25) is 4.79 Å². The Morgan fingerprint density at radius 1 is 1.32 bits per heavy atom. The first-order valence-corrected chi connectivity index (χ1v) is 7.10. The summed E-state index contributed by atoms with van der Waals surface area (Å²) in [6.45, 7) is 5.52. The minimum absolute atomic E-state index is 0.0497. The largest absolute Gasteiger partial charge is 0.333 e. The average molecular weight is 275 g/mol. The quantitative estimate of drug-likeness (QED) is 0.843. The molecule has 0 bridgehead atoms. The Balaban J connectivity index is 2.14. The normalized spacial score (nSPS) is 10.7. The standard InChI is InChI=1S/C14H17N3OS/c1-11(2)8-17(9-12-6-4-3-5-7-12)14(18)13-10-19-16-15-13/h3-7,10-11H,8-9H2,1-2H3. The lowest BCUT2D eigenvalue weighted by Gasteiger charge is -2.23. The van der Waals surface area contributed by atoms with Gasteiger partial charge >= 0.3 is 0 Å². The second-order valence-electron chi connectivity index (χ2n) is 4.86. The number of carbonyl (C=O) groups is 1. The van der Waals surface area contributed by atoms with Gasteiger partial charge in [-0.25, -0.2) is 0 Å². The zero-order valence-corrected chi connectivity index (χ0v) is 11.9. The molecule has 0 fully saturated rings. The Bertz CT molecular complexity index is 511. The van der Waals surface area contributed by atoms with Crippen LogP contribution >= 0.6 is 11.5 Å². The van der Waals surface area contributed by atoms with Crippen molar-refractivity contribution in [1.82, 2.24) is 14.5 Å². The van der Waals surface area contributed by atoms with Crippen LogP contribution < -0.4 is 0 Å². The van der Waals surface area contributed by atoms with Crippen LogP contribution in [-0.2, 0) is 6.54 Å². The summed E-state index contributed by atoms with van der Waals surface area (Å²) in [7, 11) is 0. The van der Waals surface area contributed by atoms with E-state index in [4.69, 9.17) is 0 Å². The Morgan fingerprint density at radius 2 is 2.05 bits per heavy atom. The number of aromatic nitrogens is 2. The summed E-state index contributed by atoms with van der Waals surface area (Å²) in [5.74, 6) is 0.366. The minimum Gasteiger partial charge on any atom is -0.333 e. The Labute approximate surface area is 117 Å². The van der Waals surface area contributed by atoms with Gasteiger partial charge in [0.1, 0.15) is 0 Å². The van der Waals surface area contributed by atoms with Gasteiger partial charge in [-0.1, -0.05) is 48.7 Å². The fourth-order valence-corrected chi connectivity index (χ4v) is 2.31. The van der Waals surface area contributed by atoms with Gasteiger partial charge in [0.15, 0.2) is 5.69 Å². The van der Waals surface area contributed by atoms with Crippen molar-refractivity contribution in [2.45, 2.75) is 20.4 Å². The molecule has 5 heteroatoms. The van der Waals surface area contributed by atoms with Crippen LogP contribution in [0.5, 0.6) is 0 Å². The van der Waals surface area contributed by atoms with Crippen molar-refractivity contribution in [1.29, 1.82) is 0 Å². The number of nitrogens with zero attached hydrogens (tertiary/aromatic N) is 3. The van der Waals surface area contributed by atoms with E-state index in [2.05, 4.69) is 23.4 Å². The number of hydrogen-bond acceptors (Lipinski definition) is 4. The summed E-state index contributed by atoms with van der Waals surface area (Å²) in [6, 6.07) is 10.00. The molecule has 0 aliphatic carbocycles. The number of benzene rings is 1. The van der Waals surface area contributed by atoms with Crippen molar-refractivity contribution in [2.24, 2.45) is 5.92 Å². The first-order valence-electron chi connectivity index (χ1n) is 6.27. The molecule has 4 nitrogen and oxygen atoms in total. The fourth-order valence-electron chi connectivity index (χ4n) is 1.88. The van der Waals surface area contributed by atoms with E-state index in [9.17, 15) is 4.79 Å². The van der Waals surface area contributed by atoms with E-state index >= 15 is 0 Å². The molecule has 0 saturated heterocycles. The summed E-state index contributed by atoms with van der Waals surface area (Å²) >= 11 is 1.20. The average Bonchev–Trinajstić information content (AvgIpc) is 2.91. The van der Waals surface area contributed by atoms with Crippen LogP contribution in [0.4, 0.5) is 0 Å². The summed E-state index contributed by atoms with van der Waals surface area (Å²) in [4.78, 5) is 14.2. The topological polar surface area (TPSA) is 46.1 Å². The van der Waals surface area contributed by atoms with Crippen LogP contribution in [0.25, 0.3) is 0 Å². The van der Waals surface area contributed by atoms with Crippen LogP contribution in [0, 0.1) is 5.92 Å². The lowest BCUT2D eigenvalue weighted by atomic mass is 10.1. The molecular weight excluding hydrogens is 258 g/mol. The molecule has 1 heterocycles. The third kappa shape index (κ3) is 3.86. The molecule has 0 spiro atoms. The van der Waals surface area contributed by atoms with Crippen molar-refractivity contribution in [3.05, 3.63) is 47.0 Å². The highest BCUT2D eigenvalue weighted by Gasteiger charge is 2.19. The number of carbonyl (C=O) groups excluding carboxylic acids is 1. The SMILES string of the molecule is CC(C)CN(Cc1ccccc1)C(=O)c1csnn1. The molecule has 0 unspecified atom stereocenters. The van der Waals surface area contributed by atoms with Crippen molar-refractivity contribution in [2.75, 3.05) is 6.54 Å².